The Hall–Kier alpha value is -1.65. The molecule has 0 spiro atoms. The van der Waals surface area contributed by atoms with E-state index >= 15 is 0 Å². The van der Waals surface area contributed by atoms with E-state index in [0.717, 1.165) is 18.6 Å². The third-order valence-corrected chi connectivity index (χ3v) is 3.15. The Morgan fingerprint density at radius 2 is 1.74 bits per heavy atom. The molecule has 0 saturated heterocycles. The summed E-state index contributed by atoms with van der Waals surface area (Å²) in [5.41, 5.74) is 5.23. The molecular weight excluding hydrogens is 248 g/mol. The molecule has 0 aliphatic carbocycles. The summed E-state index contributed by atoms with van der Waals surface area (Å²) in [6, 6.07) is 2.21. The molecule has 0 aliphatic heterocycles. The normalized spacial score (nSPS) is 12.6. The maximum atomic E-state index is 14.0. The van der Waals surface area contributed by atoms with E-state index in [1.54, 1.807) is 11.9 Å². The van der Waals surface area contributed by atoms with Crippen molar-refractivity contribution in [3.8, 4) is 0 Å². The van der Waals surface area contributed by atoms with E-state index < -0.39 is 11.6 Å². The maximum absolute atomic E-state index is 14.0. The zero-order valence-corrected chi connectivity index (χ0v) is 11.8. The van der Waals surface area contributed by atoms with E-state index in [1.165, 1.54) is 0 Å². The topological polar surface area (TPSA) is 53.1 Å². The van der Waals surface area contributed by atoms with Crippen LogP contribution < -0.4 is 10.6 Å². The zero-order valence-electron chi connectivity index (χ0n) is 11.8. The van der Waals surface area contributed by atoms with Gasteiger partial charge in [0.1, 0.15) is 23.2 Å². The lowest BCUT2D eigenvalue weighted by molar-refractivity contribution is 0.489. The average Bonchev–Trinajstić information content (AvgIpc) is 2.26. The summed E-state index contributed by atoms with van der Waals surface area (Å²) in [6.45, 7) is 6.06. The number of hydrogen-bond acceptors (Lipinski definition) is 2. The number of rotatable bonds is 5. The van der Waals surface area contributed by atoms with Gasteiger partial charge in [0, 0.05) is 18.7 Å². The van der Waals surface area contributed by atoms with Gasteiger partial charge in [-0.25, -0.2) is 8.78 Å². The summed E-state index contributed by atoms with van der Waals surface area (Å²) < 4.78 is 28.0. The molecule has 0 amide bonds. The summed E-state index contributed by atoms with van der Waals surface area (Å²) in [5.74, 6) is -1.28. The van der Waals surface area contributed by atoms with Gasteiger partial charge in [-0.2, -0.15) is 0 Å². The fourth-order valence-electron chi connectivity index (χ4n) is 2.12. The second-order valence-corrected chi connectivity index (χ2v) is 5.29. The van der Waals surface area contributed by atoms with Gasteiger partial charge >= 0.3 is 0 Å². The van der Waals surface area contributed by atoms with Crippen LogP contribution in [0.15, 0.2) is 12.1 Å². The lowest BCUT2D eigenvalue weighted by atomic mass is 10.0. The van der Waals surface area contributed by atoms with Gasteiger partial charge < -0.3 is 10.6 Å². The SMILES string of the molecule is CC(C)CC(C)N(C)c1c(F)cc(C(=N)N)cc1F. The Kier molecular flexibility index (Phi) is 4.86. The largest absolute Gasteiger partial charge is 0.384 e. The molecule has 1 aromatic rings. The Balaban J connectivity index is 3.10. The summed E-state index contributed by atoms with van der Waals surface area (Å²) in [7, 11) is 1.67. The van der Waals surface area contributed by atoms with Crippen molar-refractivity contribution >= 4 is 11.5 Å². The molecule has 1 atom stereocenters. The predicted molar refractivity (Wildman–Crippen MR) is 74.7 cm³/mol. The third kappa shape index (κ3) is 3.66. The lowest BCUT2D eigenvalue weighted by Crippen LogP contribution is -2.31. The summed E-state index contributed by atoms with van der Waals surface area (Å²) in [5, 5.41) is 7.21. The molecule has 5 heteroatoms. The van der Waals surface area contributed by atoms with E-state index in [0.29, 0.717) is 5.92 Å². The van der Waals surface area contributed by atoms with E-state index in [4.69, 9.17) is 11.1 Å². The number of nitrogens with one attached hydrogen (secondary N) is 1. The van der Waals surface area contributed by atoms with Crippen molar-refractivity contribution in [2.24, 2.45) is 11.7 Å². The van der Waals surface area contributed by atoms with Crippen LogP contribution in [-0.4, -0.2) is 18.9 Å². The summed E-state index contributed by atoms with van der Waals surface area (Å²) in [4.78, 5) is 1.59. The van der Waals surface area contributed by atoms with E-state index in [2.05, 4.69) is 13.8 Å². The quantitative estimate of drug-likeness (QED) is 0.637. The zero-order chi connectivity index (χ0) is 14.7. The first-order valence-electron chi connectivity index (χ1n) is 6.30. The van der Waals surface area contributed by atoms with Gasteiger partial charge in [0.05, 0.1) is 0 Å². The number of amidine groups is 1. The molecule has 3 nitrogen and oxygen atoms in total. The first-order chi connectivity index (χ1) is 8.73. The van der Waals surface area contributed by atoms with Gasteiger partial charge in [-0.15, -0.1) is 0 Å². The van der Waals surface area contributed by atoms with Crippen molar-refractivity contribution in [3.63, 3.8) is 0 Å². The highest BCUT2D eigenvalue weighted by Crippen LogP contribution is 2.27. The smallest absolute Gasteiger partial charge is 0.150 e. The van der Waals surface area contributed by atoms with Crippen LogP contribution in [0.1, 0.15) is 32.8 Å². The highest BCUT2D eigenvalue weighted by Gasteiger charge is 2.20. The molecule has 0 aromatic heterocycles. The molecule has 3 N–H and O–H groups in total. The molecule has 106 valence electrons. The highest BCUT2D eigenvalue weighted by atomic mass is 19.1. The van der Waals surface area contributed by atoms with Crippen LogP contribution in [0.3, 0.4) is 0 Å². The van der Waals surface area contributed by atoms with Crippen LogP contribution in [0.5, 0.6) is 0 Å². The number of hydrogen-bond donors (Lipinski definition) is 2. The molecule has 19 heavy (non-hydrogen) atoms. The molecule has 1 rings (SSSR count). The Morgan fingerprint density at radius 1 is 1.26 bits per heavy atom. The average molecular weight is 269 g/mol. The predicted octanol–water partition coefficient (Wildman–Crippen LogP) is 3.12. The van der Waals surface area contributed by atoms with Crippen molar-refractivity contribution in [2.75, 3.05) is 11.9 Å². The van der Waals surface area contributed by atoms with Gasteiger partial charge in [-0.3, -0.25) is 5.41 Å². The molecule has 1 aromatic carbocycles. The van der Waals surface area contributed by atoms with Crippen molar-refractivity contribution in [1.82, 2.24) is 0 Å². The number of nitrogens with zero attached hydrogens (tertiary/aromatic N) is 1. The van der Waals surface area contributed by atoms with Gasteiger partial charge in [0.2, 0.25) is 0 Å². The van der Waals surface area contributed by atoms with Crippen LogP contribution in [0.25, 0.3) is 0 Å². The first-order valence-corrected chi connectivity index (χ1v) is 6.30. The Morgan fingerprint density at radius 3 is 2.11 bits per heavy atom. The van der Waals surface area contributed by atoms with Crippen LogP contribution >= 0.6 is 0 Å². The monoisotopic (exact) mass is 269 g/mol. The molecule has 1 unspecified atom stereocenters. The number of anilines is 1. The molecule has 0 fully saturated rings. The van der Waals surface area contributed by atoms with Gasteiger partial charge in [0.25, 0.3) is 0 Å². The third-order valence-electron chi connectivity index (χ3n) is 3.15. The standard InChI is InChI=1S/C14H21F2N3/c1-8(2)5-9(3)19(4)13-11(15)6-10(14(17)18)7-12(13)16/h6-9H,5H2,1-4H3,(H3,17,18). The number of benzene rings is 1. The van der Waals surface area contributed by atoms with Crippen molar-refractivity contribution in [2.45, 2.75) is 33.2 Å². The van der Waals surface area contributed by atoms with Crippen molar-refractivity contribution in [3.05, 3.63) is 29.3 Å². The highest BCUT2D eigenvalue weighted by molar-refractivity contribution is 5.95. The summed E-state index contributed by atoms with van der Waals surface area (Å²) in [6.07, 6.45) is 0.837. The maximum Gasteiger partial charge on any atom is 0.150 e. The van der Waals surface area contributed by atoms with E-state index in [-0.39, 0.29) is 23.1 Å². The van der Waals surface area contributed by atoms with Crippen LogP contribution in [0.4, 0.5) is 14.5 Å². The number of nitrogen functional groups attached to an aromatic ring is 1. The molecule has 0 aliphatic rings. The second kappa shape index (κ2) is 5.99. The van der Waals surface area contributed by atoms with Gasteiger partial charge in [0.15, 0.2) is 0 Å². The Labute approximate surface area is 112 Å². The van der Waals surface area contributed by atoms with Crippen molar-refractivity contribution in [1.29, 1.82) is 5.41 Å². The summed E-state index contributed by atoms with van der Waals surface area (Å²) >= 11 is 0. The second-order valence-electron chi connectivity index (χ2n) is 5.29. The minimum absolute atomic E-state index is 0.0205. The minimum atomic E-state index is -0.691. The van der Waals surface area contributed by atoms with E-state index in [1.807, 2.05) is 6.92 Å². The Bertz CT molecular complexity index is 449. The van der Waals surface area contributed by atoms with Crippen molar-refractivity contribution < 1.29 is 8.78 Å². The number of nitrogens with two attached hydrogens (primary N) is 1. The number of halogens is 2. The lowest BCUT2D eigenvalue weighted by Gasteiger charge is -2.29. The molecule has 0 saturated carbocycles. The fraction of sp³-hybridized carbons (Fsp3) is 0.500. The van der Waals surface area contributed by atoms with Crippen LogP contribution in [0, 0.1) is 23.0 Å². The molecular formula is C14H21F2N3. The molecule has 0 radical (unpaired) electrons. The molecule has 0 bridgehead atoms. The van der Waals surface area contributed by atoms with Gasteiger partial charge in [-0.05, 0) is 31.4 Å². The van der Waals surface area contributed by atoms with E-state index in [9.17, 15) is 8.78 Å². The van der Waals surface area contributed by atoms with Crippen LogP contribution in [-0.2, 0) is 0 Å². The molecule has 0 heterocycles. The van der Waals surface area contributed by atoms with Gasteiger partial charge in [-0.1, -0.05) is 13.8 Å². The first kappa shape index (κ1) is 15.4. The fourth-order valence-corrected chi connectivity index (χ4v) is 2.12. The minimum Gasteiger partial charge on any atom is -0.384 e. The van der Waals surface area contributed by atoms with Crippen LogP contribution in [0.2, 0.25) is 0 Å².